The van der Waals surface area contributed by atoms with Gasteiger partial charge in [-0.2, -0.15) is 18.2 Å². The van der Waals surface area contributed by atoms with E-state index in [9.17, 15) is 27.9 Å². The third-order valence-electron chi connectivity index (χ3n) is 6.49. The summed E-state index contributed by atoms with van der Waals surface area (Å²) in [5.41, 5.74) is 1.20. The predicted octanol–water partition coefficient (Wildman–Crippen LogP) is 3.14. The second kappa shape index (κ2) is 11.2. The van der Waals surface area contributed by atoms with Gasteiger partial charge in [-0.3, -0.25) is 9.59 Å². The van der Waals surface area contributed by atoms with E-state index in [1.165, 1.54) is 44.3 Å². The zero-order chi connectivity index (χ0) is 28.3. The average molecular weight is 545 g/mol. The van der Waals surface area contributed by atoms with Gasteiger partial charge in [-0.15, -0.1) is 0 Å². The number of rotatable bonds is 8. The summed E-state index contributed by atoms with van der Waals surface area (Å²) in [7, 11) is 4.36. The zero-order valence-corrected chi connectivity index (χ0v) is 21.3. The maximum absolute atomic E-state index is 14.0. The van der Waals surface area contributed by atoms with E-state index in [-0.39, 0.29) is 17.6 Å². The van der Waals surface area contributed by atoms with E-state index in [0.717, 1.165) is 11.1 Å². The van der Waals surface area contributed by atoms with E-state index >= 15 is 0 Å². The summed E-state index contributed by atoms with van der Waals surface area (Å²) in [5.74, 6) is -1.28. The Morgan fingerprint density at radius 2 is 1.95 bits per heavy atom. The van der Waals surface area contributed by atoms with E-state index in [2.05, 4.69) is 25.9 Å². The molecular formula is C26H27F3N6O4. The number of halogens is 3. The summed E-state index contributed by atoms with van der Waals surface area (Å²) in [6.07, 6.45) is -3.77. The fraction of sp³-hybridized carbons (Fsp3) is 0.308. The number of alkyl halides is 3. The number of aliphatic hydroxyl groups is 1. The van der Waals surface area contributed by atoms with Crippen LogP contribution in [0.1, 0.15) is 33.1 Å². The molecular weight excluding hydrogens is 517 g/mol. The van der Waals surface area contributed by atoms with Crippen molar-refractivity contribution < 1.29 is 32.6 Å². The molecule has 2 amide bonds. The zero-order valence-electron chi connectivity index (χ0n) is 21.3. The molecule has 0 spiro atoms. The van der Waals surface area contributed by atoms with E-state index in [4.69, 9.17) is 4.74 Å². The third-order valence-corrected chi connectivity index (χ3v) is 6.49. The molecule has 13 heteroatoms. The van der Waals surface area contributed by atoms with Gasteiger partial charge < -0.3 is 30.7 Å². The van der Waals surface area contributed by atoms with Crippen LogP contribution in [0.2, 0.25) is 0 Å². The normalized spacial score (nSPS) is 16.3. The number of methoxy groups -OCH3 is 1. The van der Waals surface area contributed by atoms with Gasteiger partial charge in [0.15, 0.2) is 0 Å². The van der Waals surface area contributed by atoms with Gasteiger partial charge in [0.25, 0.3) is 5.91 Å². The summed E-state index contributed by atoms with van der Waals surface area (Å²) in [5, 5.41) is 17.6. The largest absolute Gasteiger partial charge is 0.495 e. The van der Waals surface area contributed by atoms with Gasteiger partial charge in [0.1, 0.15) is 23.7 Å². The summed E-state index contributed by atoms with van der Waals surface area (Å²) < 4.78 is 47.2. The Hall–Kier alpha value is -4.39. The Bertz CT molecular complexity index is 1380. The number of amides is 2. The quantitative estimate of drug-likeness (QED) is 0.341. The first-order valence-corrected chi connectivity index (χ1v) is 11.9. The number of aliphatic hydroxyl groups excluding tert-OH is 1. The Kier molecular flexibility index (Phi) is 7.90. The molecule has 2 atom stereocenters. The molecule has 10 nitrogen and oxygen atoms in total. The van der Waals surface area contributed by atoms with Crippen LogP contribution in [0.15, 0.2) is 48.7 Å². The number of carbonyl (C=O) groups excluding carboxylic acids is 2. The highest BCUT2D eigenvalue weighted by atomic mass is 19.4. The number of anilines is 3. The lowest BCUT2D eigenvalue weighted by Crippen LogP contribution is -2.41. The Labute approximate surface area is 222 Å². The van der Waals surface area contributed by atoms with Crippen LogP contribution in [0.5, 0.6) is 5.75 Å². The molecule has 0 radical (unpaired) electrons. The molecule has 0 bridgehead atoms. The third kappa shape index (κ3) is 5.72. The van der Waals surface area contributed by atoms with Gasteiger partial charge >= 0.3 is 6.18 Å². The van der Waals surface area contributed by atoms with Crippen molar-refractivity contribution in [3.63, 3.8) is 0 Å². The van der Waals surface area contributed by atoms with Crippen LogP contribution in [0.4, 0.5) is 30.6 Å². The smallest absolute Gasteiger partial charge is 0.421 e. The van der Waals surface area contributed by atoms with Gasteiger partial charge in [-0.05, 0) is 35.7 Å². The highest BCUT2D eigenvalue weighted by Gasteiger charge is 2.40. The molecule has 3 aromatic rings. The molecule has 1 aliphatic rings. The second-order valence-electron chi connectivity index (χ2n) is 8.83. The van der Waals surface area contributed by atoms with E-state index in [0.29, 0.717) is 23.9 Å². The maximum atomic E-state index is 14.0. The number of ether oxygens (including phenoxy) is 1. The van der Waals surface area contributed by atoms with Crippen LogP contribution in [0.25, 0.3) is 0 Å². The highest BCUT2D eigenvalue weighted by molar-refractivity contribution is 5.95. The maximum Gasteiger partial charge on any atom is 0.421 e. The van der Waals surface area contributed by atoms with Gasteiger partial charge in [0.2, 0.25) is 11.9 Å². The van der Waals surface area contributed by atoms with E-state index in [1.807, 2.05) is 12.1 Å². The molecule has 0 fully saturated rings. The average Bonchev–Trinajstić information content (AvgIpc) is 3.29. The number of hydrogen-bond acceptors (Lipinski definition) is 8. The fourth-order valence-corrected chi connectivity index (χ4v) is 4.58. The lowest BCUT2D eigenvalue weighted by molar-refractivity contribution is -0.138. The first-order valence-electron chi connectivity index (χ1n) is 11.9. The van der Waals surface area contributed by atoms with Crippen LogP contribution in [-0.4, -0.2) is 65.6 Å². The van der Waals surface area contributed by atoms with Crippen molar-refractivity contribution in [2.24, 2.45) is 0 Å². The topological polar surface area (TPSA) is 129 Å². The van der Waals surface area contributed by atoms with Crippen molar-refractivity contribution in [1.82, 2.24) is 20.2 Å². The fourth-order valence-electron chi connectivity index (χ4n) is 4.58. The minimum atomic E-state index is -4.76. The summed E-state index contributed by atoms with van der Waals surface area (Å²) in [6.45, 7) is -0.738. The molecule has 0 unspecified atom stereocenters. The van der Waals surface area contributed by atoms with E-state index < -0.39 is 42.2 Å². The second-order valence-corrected chi connectivity index (χ2v) is 8.83. The monoisotopic (exact) mass is 544 g/mol. The lowest BCUT2D eigenvalue weighted by Gasteiger charge is -2.31. The Morgan fingerprint density at radius 1 is 1.21 bits per heavy atom. The molecule has 0 saturated carbocycles. The van der Waals surface area contributed by atoms with Crippen molar-refractivity contribution in [1.29, 1.82) is 0 Å². The minimum Gasteiger partial charge on any atom is -0.495 e. The first-order chi connectivity index (χ1) is 18.6. The highest BCUT2D eigenvalue weighted by Crippen LogP contribution is 2.40. The van der Waals surface area contributed by atoms with Crippen LogP contribution < -0.4 is 20.7 Å². The Balaban J connectivity index is 1.69. The number of hydrogen-bond donors (Lipinski definition) is 4. The number of aromatic nitrogens is 2. The van der Waals surface area contributed by atoms with Crippen molar-refractivity contribution in [3.05, 3.63) is 70.9 Å². The van der Waals surface area contributed by atoms with Crippen molar-refractivity contribution in [3.8, 4) is 5.75 Å². The minimum absolute atomic E-state index is 0.150. The number of benzene rings is 2. The molecule has 1 aromatic heterocycles. The number of nitrogens with zero attached hydrogens (tertiary/aromatic N) is 3. The summed E-state index contributed by atoms with van der Waals surface area (Å²) in [6, 6.07) is 10.4. The van der Waals surface area contributed by atoms with Crippen molar-refractivity contribution in [2.45, 2.75) is 24.7 Å². The van der Waals surface area contributed by atoms with Crippen LogP contribution in [0.3, 0.4) is 0 Å². The van der Waals surface area contributed by atoms with Crippen LogP contribution in [-0.2, 0) is 17.4 Å². The SMILES string of the molecule is CNC(=O)c1ccc(Nc2ncc(C(F)(F)F)c(N[C@@H]3Cc4ccccc4[C@H]3N(C)C(=O)CO)n2)c(OC)c1. The number of nitrogens with one attached hydrogen (secondary N) is 3. The van der Waals surface area contributed by atoms with Gasteiger partial charge in [-0.25, -0.2) is 4.98 Å². The molecule has 2 aromatic carbocycles. The number of carbonyl (C=O) groups is 2. The van der Waals surface area contributed by atoms with Crippen molar-refractivity contribution in [2.75, 3.05) is 38.4 Å². The van der Waals surface area contributed by atoms with Crippen molar-refractivity contribution >= 4 is 29.3 Å². The molecule has 4 rings (SSSR count). The van der Waals surface area contributed by atoms with E-state index in [1.54, 1.807) is 12.1 Å². The summed E-state index contributed by atoms with van der Waals surface area (Å²) >= 11 is 0. The standard InChI is InChI=1S/C26H27F3N6O4/c1-30-24(38)15-8-9-18(20(11-15)39-3)33-25-31-12-17(26(27,28)29)23(34-25)32-19-10-14-6-4-5-7-16(14)22(19)35(2)21(37)13-36/h4-9,11-12,19,22,36H,10,13H2,1-3H3,(H,30,38)(H2,31,32,33,34)/t19-,22-/m1/s1. The summed E-state index contributed by atoms with van der Waals surface area (Å²) in [4.78, 5) is 33.6. The molecule has 0 saturated heterocycles. The number of likely N-dealkylation sites (N-methyl/N-ethyl adjacent to an activating group) is 1. The molecule has 0 aliphatic heterocycles. The molecule has 1 heterocycles. The predicted molar refractivity (Wildman–Crippen MR) is 137 cm³/mol. The van der Waals surface area contributed by atoms with Gasteiger partial charge in [-0.1, -0.05) is 24.3 Å². The van der Waals surface area contributed by atoms with Crippen LogP contribution >= 0.6 is 0 Å². The van der Waals surface area contributed by atoms with Gasteiger partial charge in [0.05, 0.1) is 24.9 Å². The first kappa shape index (κ1) is 27.6. The molecule has 1 aliphatic carbocycles. The lowest BCUT2D eigenvalue weighted by atomic mass is 10.1. The Morgan fingerprint density at radius 3 is 2.62 bits per heavy atom. The number of fused-ring (bicyclic) bond motifs is 1. The van der Waals surface area contributed by atoms with Crippen LogP contribution in [0, 0.1) is 0 Å². The van der Waals surface area contributed by atoms with Gasteiger partial charge in [0, 0.05) is 25.9 Å². The molecule has 4 N–H and O–H groups in total. The molecule has 39 heavy (non-hydrogen) atoms. The molecule has 206 valence electrons.